The van der Waals surface area contributed by atoms with Gasteiger partial charge in [-0.1, -0.05) is 124 Å². The highest BCUT2D eigenvalue weighted by Gasteiger charge is 2.63. The fraction of sp³-hybridized carbons (Fsp3) is 0.731. The number of rotatable bonds is 15. The second kappa shape index (κ2) is 42.1. The van der Waals surface area contributed by atoms with Crippen LogP contribution in [0.25, 0.3) is 0 Å². The molecule has 92 heavy (non-hydrogen) atoms. The number of para-hydroxylation sites is 1. The minimum absolute atomic E-state index is 0.0259. The molecular formula is C78H134N6O7S. The third-order valence-corrected chi connectivity index (χ3v) is 22.2. The van der Waals surface area contributed by atoms with Gasteiger partial charge in [0.25, 0.3) is 0 Å². The third kappa shape index (κ3) is 26.6. The summed E-state index contributed by atoms with van der Waals surface area (Å²) in [4.78, 5) is 49.3. The third-order valence-electron chi connectivity index (χ3n) is 21.1. The van der Waals surface area contributed by atoms with Gasteiger partial charge in [-0.05, 0) is 254 Å². The van der Waals surface area contributed by atoms with Gasteiger partial charge in [0.2, 0.25) is 5.91 Å². The molecule has 7 fully saturated rings. The number of hydrogen-bond acceptors (Lipinski definition) is 11. The number of sulfone groups is 1. The molecule has 2 amide bonds. The van der Waals surface area contributed by atoms with Crippen molar-refractivity contribution in [2.45, 2.75) is 234 Å². The summed E-state index contributed by atoms with van der Waals surface area (Å²) in [5, 5.41) is 0. The molecule has 7 atom stereocenters. The van der Waals surface area contributed by atoms with Gasteiger partial charge in [0.15, 0.2) is 9.84 Å². The lowest BCUT2D eigenvalue weighted by Gasteiger charge is -2.61. The van der Waals surface area contributed by atoms with Gasteiger partial charge in [-0.15, -0.1) is 0 Å². The van der Waals surface area contributed by atoms with Crippen molar-refractivity contribution >= 4 is 33.3 Å². The molecule has 524 valence electrons. The number of methoxy groups -OCH3 is 1. The Labute approximate surface area is 563 Å². The van der Waals surface area contributed by atoms with Crippen molar-refractivity contribution in [1.29, 1.82) is 0 Å². The normalized spacial score (nSPS) is 24.7. The van der Waals surface area contributed by atoms with Crippen LogP contribution in [0.1, 0.15) is 215 Å². The van der Waals surface area contributed by atoms with E-state index in [9.17, 15) is 22.8 Å². The number of nitrogens with zero attached hydrogens (tertiary/aromatic N) is 6. The van der Waals surface area contributed by atoms with Gasteiger partial charge in [0, 0.05) is 70.0 Å². The quantitative estimate of drug-likeness (QED) is 0.144. The molecule has 2 saturated heterocycles. The Kier molecular flexibility index (Phi) is 37.4. The number of likely N-dealkylation sites (tertiary alicyclic amines) is 1. The summed E-state index contributed by atoms with van der Waals surface area (Å²) in [6.45, 7) is 33.5. The van der Waals surface area contributed by atoms with Gasteiger partial charge in [0.05, 0.1) is 18.6 Å². The molecule has 3 aromatic carbocycles. The molecule has 1 spiro atoms. The van der Waals surface area contributed by atoms with Crippen LogP contribution in [0.5, 0.6) is 5.75 Å². The Hall–Kier alpha value is -4.50. The maximum Gasteiger partial charge on any atom is 0.410 e. The van der Waals surface area contributed by atoms with Gasteiger partial charge in [-0.25, -0.2) is 13.2 Å². The summed E-state index contributed by atoms with van der Waals surface area (Å²) < 4.78 is 33.0. The lowest BCUT2D eigenvalue weighted by atomic mass is 9.44. The minimum atomic E-state index is -3.03. The number of carbonyl (C=O) groups excluding carboxylic acids is 3. The number of benzene rings is 3. The van der Waals surface area contributed by atoms with Crippen LogP contribution < -0.4 is 9.64 Å². The van der Waals surface area contributed by atoms with Gasteiger partial charge in [0.1, 0.15) is 17.1 Å². The molecule has 13 nitrogen and oxygen atoms in total. The van der Waals surface area contributed by atoms with Crippen LogP contribution in [0.2, 0.25) is 0 Å². The molecule has 2 aliphatic heterocycles. The summed E-state index contributed by atoms with van der Waals surface area (Å²) in [7, 11) is 9.20. The average molecular weight is 1300 g/mol. The van der Waals surface area contributed by atoms with E-state index in [1.165, 1.54) is 140 Å². The molecule has 10 rings (SSSR count). The van der Waals surface area contributed by atoms with E-state index in [1.54, 1.807) is 30.2 Å². The zero-order valence-electron chi connectivity index (χ0n) is 61.8. The number of aryl methyl sites for hydroxylation is 2. The lowest BCUT2D eigenvalue weighted by Crippen LogP contribution is -2.56. The number of Topliss-reactive ketones (excluding diaryl/α,β-unsaturated/α-hetero) is 1. The molecule has 14 heteroatoms. The summed E-state index contributed by atoms with van der Waals surface area (Å²) in [6.07, 6.45) is 27.9. The van der Waals surface area contributed by atoms with Gasteiger partial charge in [-0.2, -0.15) is 0 Å². The first-order chi connectivity index (χ1) is 43.7. The van der Waals surface area contributed by atoms with E-state index in [2.05, 4.69) is 127 Å². The molecule has 7 aliphatic rings. The number of hydrogen-bond donors (Lipinski definition) is 0. The van der Waals surface area contributed by atoms with Crippen molar-refractivity contribution in [3.63, 3.8) is 0 Å². The van der Waals surface area contributed by atoms with Crippen molar-refractivity contribution in [2.24, 2.45) is 34.5 Å². The zero-order valence-corrected chi connectivity index (χ0v) is 62.6. The Balaban J connectivity index is 0.000000294. The highest BCUT2D eigenvalue weighted by Crippen LogP contribution is 2.66. The Morgan fingerprint density at radius 2 is 1.28 bits per heavy atom. The SMILES string of the molecule is CCCN(C)C(=O)CC.CCCN(C)CCC.CCCN1C[C@]2(CC[C@@]3(C)C(CCC4C3CC[C@]3(C)C(=O)CCC43)C2)OC1=O.CCN(C)C1CCCCC1.CCN(C)c1ccccc1.CN1CCCCC1.COc1cccc(C)c1.Cc1cccc(S(C)(=O)=O)c1. The predicted octanol–water partition coefficient (Wildman–Crippen LogP) is 17.1. The first-order valence-electron chi connectivity index (χ1n) is 36.2. The number of anilines is 1. The number of fused-ring (bicyclic) bond motifs is 5. The number of piperidine rings is 1. The van der Waals surface area contributed by atoms with E-state index in [4.69, 9.17) is 9.47 Å². The smallest absolute Gasteiger partial charge is 0.410 e. The van der Waals surface area contributed by atoms with Crippen molar-refractivity contribution in [3.8, 4) is 5.75 Å². The van der Waals surface area contributed by atoms with E-state index in [0.717, 1.165) is 100 Å². The summed E-state index contributed by atoms with van der Waals surface area (Å²) >= 11 is 0. The van der Waals surface area contributed by atoms with E-state index in [1.807, 2.05) is 69.1 Å². The average Bonchev–Trinajstić information content (AvgIpc) is 1.38. The van der Waals surface area contributed by atoms with Crippen LogP contribution in [0.4, 0.5) is 10.5 Å². The lowest BCUT2D eigenvalue weighted by molar-refractivity contribution is -0.149. The van der Waals surface area contributed by atoms with Crippen molar-refractivity contribution in [1.82, 2.24) is 24.5 Å². The van der Waals surface area contributed by atoms with Crippen molar-refractivity contribution in [3.05, 3.63) is 90.0 Å². The summed E-state index contributed by atoms with van der Waals surface area (Å²) in [5.41, 5.74) is 3.59. The summed E-state index contributed by atoms with van der Waals surface area (Å²) in [6, 6.07) is 26.1. The Morgan fingerprint density at radius 3 is 1.78 bits per heavy atom. The van der Waals surface area contributed by atoms with Crippen LogP contribution in [0.15, 0.2) is 83.8 Å². The fourth-order valence-electron chi connectivity index (χ4n) is 15.3. The molecule has 2 heterocycles. The van der Waals surface area contributed by atoms with E-state index >= 15 is 0 Å². The van der Waals surface area contributed by atoms with Crippen LogP contribution in [-0.4, -0.2) is 170 Å². The topological polar surface area (TPSA) is 123 Å². The monoisotopic (exact) mass is 1300 g/mol. The molecule has 5 aliphatic carbocycles. The summed E-state index contributed by atoms with van der Waals surface area (Å²) in [5.74, 6) is 4.49. The second-order valence-electron chi connectivity index (χ2n) is 28.4. The predicted molar refractivity (Wildman–Crippen MR) is 388 cm³/mol. The molecule has 0 aromatic heterocycles. The van der Waals surface area contributed by atoms with Crippen LogP contribution in [0, 0.1) is 48.3 Å². The maximum absolute atomic E-state index is 12.6. The zero-order chi connectivity index (χ0) is 68.5. The van der Waals surface area contributed by atoms with Crippen LogP contribution in [0.3, 0.4) is 0 Å². The first kappa shape index (κ1) is 81.7. The standard InChI is InChI=1S/C24H37NO3.C9H19N.C9H13N.C8H10O2S.C8H10O.C7H15NO.C7H17N.C6H13N/c1-4-13-25-15-24(28-21(25)27)12-11-22(2)16(14-24)5-6-17-18-7-8-20(26)23(18,3)10-9-19(17)22;2*1-3-10(2)9-7-5-4-6-8-9;1-7-4-3-5-8(6-7)11(2,9)10;1-7-4-3-5-8(6-7)9-2;1-4-6-8(3)7(9)5-2;1-4-6-8(3)7-5-2;1-7-5-3-2-4-6-7/h16-19H,4-15H2,1-3H3;9H,3-8H2,1-2H3;4-8H,3H2,1-2H3;3-6H,1-2H3;3-6H,1-2H3;4-6H2,1-3H3;4-7H2,1-3H3;2-6H2,1H3/t16?,17?,18?,19?,22-,23-,24+;;;;;;;/m0......./s1. The molecule has 0 N–H and O–H groups in total. The number of carbonyl (C=O) groups is 3. The van der Waals surface area contributed by atoms with Gasteiger partial charge in [-0.3, -0.25) is 9.59 Å². The van der Waals surface area contributed by atoms with Crippen LogP contribution >= 0.6 is 0 Å². The molecule has 0 radical (unpaired) electrons. The van der Waals surface area contributed by atoms with E-state index in [0.29, 0.717) is 34.4 Å². The Morgan fingerprint density at radius 1 is 0.674 bits per heavy atom. The van der Waals surface area contributed by atoms with Gasteiger partial charge < -0.3 is 38.9 Å². The number of ketones is 1. The molecule has 4 unspecified atom stereocenters. The molecule has 0 bridgehead atoms. The van der Waals surface area contributed by atoms with E-state index in [-0.39, 0.29) is 23.0 Å². The minimum Gasteiger partial charge on any atom is -0.497 e. The Bertz CT molecular complexity index is 2640. The van der Waals surface area contributed by atoms with Crippen molar-refractivity contribution < 1.29 is 32.3 Å². The highest BCUT2D eigenvalue weighted by molar-refractivity contribution is 7.90. The molecular weight excluding hydrogens is 1160 g/mol. The largest absolute Gasteiger partial charge is 0.497 e. The first-order valence-corrected chi connectivity index (χ1v) is 38.1. The maximum atomic E-state index is 12.6. The number of ether oxygens (including phenoxy) is 2. The fourth-order valence-corrected chi connectivity index (χ4v) is 16.1. The second-order valence-corrected chi connectivity index (χ2v) is 30.4. The van der Waals surface area contributed by atoms with Crippen LogP contribution in [-0.2, 0) is 24.2 Å². The van der Waals surface area contributed by atoms with Gasteiger partial charge >= 0.3 is 6.09 Å². The molecule has 5 saturated carbocycles. The van der Waals surface area contributed by atoms with E-state index < -0.39 is 9.84 Å². The van der Waals surface area contributed by atoms with Crippen molar-refractivity contribution in [2.75, 3.05) is 112 Å². The number of amides is 2. The highest BCUT2D eigenvalue weighted by atomic mass is 32.2. The molecule has 3 aromatic rings.